The molecule has 146 valence electrons. The first-order valence-electron chi connectivity index (χ1n) is 9.54. The van der Waals surface area contributed by atoms with Crippen LogP contribution in [0.1, 0.15) is 41.8 Å². The van der Waals surface area contributed by atoms with Crippen LogP contribution in [-0.4, -0.2) is 36.1 Å². The molecule has 0 amide bonds. The zero-order valence-corrected chi connectivity index (χ0v) is 17.2. The molecule has 0 radical (unpaired) electrons. The minimum Gasteiger partial charge on any atom is -0.462 e. The Labute approximate surface area is 165 Å². The monoisotopic (exact) mass is 388 g/mol. The Balaban J connectivity index is 1.35. The Hall–Kier alpha value is -1.95. The van der Waals surface area contributed by atoms with E-state index in [1.807, 2.05) is 13.8 Å². The van der Waals surface area contributed by atoms with E-state index in [0.29, 0.717) is 6.42 Å². The number of thioether (sulfide) groups is 1. The van der Waals surface area contributed by atoms with E-state index in [-0.39, 0.29) is 12.1 Å². The lowest BCUT2D eigenvalue weighted by molar-refractivity contribution is -0.149. The largest absolute Gasteiger partial charge is 0.462 e. The summed E-state index contributed by atoms with van der Waals surface area (Å²) in [5.74, 6) is 2.35. The minimum absolute atomic E-state index is 0.0466. The summed E-state index contributed by atoms with van der Waals surface area (Å²) in [6.07, 6.45) is 2.29. The molecule has 5 nitrogen and oxygen atoms in total. The van der Waals surface area contributed by atoms with Gasteiger partial charge >= 0.3 is 5.97 Å². The van der Waals surface area contributed by atoms with Crippen LogP contribution in [0.25, 0.3) is 0 Å². The lowest BCUT2D eigenvalue weighted by atomic mass is 10.1. The van der Waals surface area contributed by atoms with Crippen molar-refractivity contribution >= 4 is 23.4 Å². The summed E-state index contributed by atoms with van der Waals surface area (Å²) in [7, 11) is 0. The summed E-state index contributed by atoms with van der Waals surface area (Å²) < 4.78 is 10.8. The van der Waals surface area contributed by atoms with E-state index in [2.05, 4.69) is 41.2 Å². The second kappa shape index (κ2) is 9.31. The molecule has 27 heavy (non-hydrogen) atoms. The lowest BCUT2D eigenvalue weighted by Crippen LogP contribution is -2.38. The molecular formula is C21H28N2O3S. The van der Waals surface area contributed by atoms with Gasteiger partial charge in [0.05, 0.1) is 12.1 Å². The number of aryl methyl sites for hydroxylation is 3. The van der Waals surface area contributed by atoms with E-state index >= 15 is 0 Å². The van der Waals surface area contributed by atoms with Gasteiger partial charge in [-0.2, -0.15) is 11.8 Å². The summed E-state index contributed by atoms with van der Waals surface area (Å²) in [6.45, 7) is 7.88. The molecule has 6 heteroatoms. The molecule has 0 saturated carbocycles. The van der Waals surface area contributed by atoms with Crippen molar-refractivity contribution in [3.8, 4) is 0 Å². The molecule has 0 spiro atoms. The first-order chi connectivity index (χ1) is 13.0. The molecule has 1 aliphatic heterocycles. The van der Waals surface area contributed by atoms with Crippen molar-refractivity contribution in [1.82, 2.24) is 5.16 Å². The molecule has 1 aromatic carbocycles. The number of hydrogen-bond acceptors (Lipinski definition) is 6. The van der Waals surface area contributed by atoms with E-state index in [4.69, 9.17) is 9.26 Å². The fourth-order valence-corrected chi connectivity index (χ4v) is 4.49. The predicted molar refractivity (Wildman–Crippen MR) is 109 cm³/mol. The van der Waals surface area contributed by atoms with Crippen LogP contribution in [0.15, 0.2) is 28.8 Å². The Morgan fingerprint density at radius 1 is 1.26 bits per heavy atom. The predicted octanol–water partition coefficient (Wildman–Crippen LogP) is 4.44. The number of carbonyl (C=O) groups is 1. The van der Waals surface area contributed by atoms with Crippen molar-refractivity contribution in [2.75, 3.05) is 23.7 Å². The van der Waals surface area contributed by atoms with Crippen LogP contribution in [0.3, 0.4) is 0 Å². The summed E-state index contributed by atoms with van der Waals surface area (Å²) >= 11 is 1.72. The number of nitrogens with zero attached hydrogens (tertiary/aromatic N) is 2. The quantitative estimate of drug-likeness (QED) is 0.516. The first-order valence-corrected chi connectivity index (χ1v) is 10.7. The Morgan fingerprint density at radius 2 is 2.00 bits per heavy atom. The maximum absolute atomic E-state index is 12.1. The number of anilines is 1. The Bertz CT molecular complexity index is 747. The number of esters is 1. The van der Waals surface area contributed by atoms with Gasteiger partial charge in [0.2, 0.25) is 0 Å². The molecule has 0 atom stereocenters. The fourth-order valence-electron chi connectivity index (χ4n) is 3.42. The third kappa shape index (κ3) is 5.28. The van der Waals surface area contributed by atoms with Gasteiger partial charge in [0.1, 0.15) is 11.9 Å². The second-order valence-corrected chi connectivity index (χ2v) is 8.17. The van der Waals surface area contributed by atoms with Crippen molar-refractivity contribution in [2.45, 2.75) is 51.9 Å². The minimum atomic E-state index is -0.0874. The number of hydrogen-bond donors (Lipinski definition) is 0. The lowest BCUT2D eigenvalue weighted by Gasteiger charge is -2.34. The smallest absolute Gasteiger partial charge is 0.306 e. The van der Waals surface area contributed by atoms with Gasteiger partial charge in [-0.05, 0) is 32.4 Å². The van der Waals surface area contributed by atoms with Crippen molar-refractivity contribution in [2.24, 2.45) is 0 Å². The van der Waals surface area contributed by atoms with Crippen molar-refractivity contribution in [3.05, 3.63) is 46.8 Å². The normalized spacial score (nSPS) is 15.1. The second-order valence-electron chi connectivity index (χ2n) is 7.07. The highest BCUT2D eigenvalue weighted by Crippen LogP contribution is 2.25. The number of ether oxygens (including phenoxy) is 1. The first kappa shape index (κ1) is 19.8. The van der Waals surface area contributed by atoms with Crippen molar-refractivity contribution < 1.29 is 14.1 Å². The van der Waals surface area contributed by atoms with Gasteiger partial charge in [0.15, 0.2) is 0 Å². The zero-order chi connectivity index (χ0) is 19.2. The van der Waals surface area contributed by atoms with E-state index in [9.17, 15) is 4.79 Å². The van der Waals surface area contributed by atoms with Gasteiger partial charge in [-0.15, -0.1) is 0 Å². The Morgan fingerprint density at radius 3 is 2.67 bits per heavy atom. The fraction of sp³-hybridized carbons (Fsp3) is 0.524. The highest BCUT2D eigenvalue weighted by molar-refractivity contribution is 7.98. The number of aromatic nitrogens is 1. The SMILES string of the molecule is Cc1ccccc1N1CCC(OC(=O)CCSCc2c(C)noc2C)CC1. The molecule has 0 N–H and O–H groups in total. The molecule has 0 bridgehead atoms. The number of carbonyl (C=O) groups excluding carboxylic acids is 1. The number of rotatable bonds is 7. The maximum atomic E-state index is 12.1. The van der Waals surface area contributed by atoms with Crippen LogP contribution < -0.4 is 4.90 Å². The molecule has 3 rings (SSSR count). The third-order valence-electron chi connectivity index (χ3n) is 5.07. The van der Waals surface area contributed by atoms with Crippen LogP contribution >= 0.6 is 11.8 Å². The van der Waals surface area contributed by atoms with Crippen LogP contribution in [-0.2, 0) is 15.3 Å². The maximum Gasteiger partial charge on any atom is 0.306 e. The topological polar surface area (TPSA) is 55.6 Å². The van der Waals surface area contributed by atoms with Gasteiger partial charge in [0.25, 0.3) is 0 Å². The molecule has 0 unspecified atom stereocenters. The Kier molecular flexibility index (Phi) is 6.83. The third-order valence-corrected chi connectivity index (χ3v) is 6.06. The number of benzene rings is 1. The van der Waals surface area contributed by atoms with Gasteiger partial charge in [-0.3, -0.25) is 4.79 Å². The zero-order valence-electron chi connectivity index (χ0n) is 16.4. The van der Waals surface area contributed by atoms with Crippen LogP contribution in [0.2, 0.25) is 0 Å². The molecule has 1 aliphatic rings. The van der Waals surface area contributed by atoms with Gasteiger partial charge in [-0.1, -0.05) is 23.4 Å². The molecule has 1 aromatic heterocycles. The van der Waals surface area contributed by atoms with Gasteiger partial charge < -0.3 is 14.2 Å². The van der Waals surface area contributed by atoms with Gasteiger partial charge in [0, 0.05) is 48.7 Å². The van der Waals surface area contributed by atoms with Crippen molar-refractivity contribution in [1.29, 1.82) is 0 Å². The average Bonchev–Trinajstić information content (AvgIpc) is 2.98. The summed E-state index contributed by atoms with van der Waals surface area (Å²) in [5, 5.41) is 3.96. The van der Waals surface area contributed by atoms with Crippen molar-refractivity contribution in [3.63, 3.8) is 0 Å². The van der Waals surface area contributed by atoms with E-state index in [1.165, 1.54) is 11.3 Å². The highest BCUT2D eigenvalue weighted by Gasteiger charge is 2.23. The molecule has 2 aromatic rings. The van der Waals surface area contributed by atoms with Crippen LogP contribution in [0, 0.1) is 20.8 Å². The molecular weight excluding hydrogens is 360 g/mol. The van der Waals surface area contributed by atoms with E-state index in [1.54, 1.807) is 11.8 Å². The average molecular weight is 389 g/mol. The standard InChI is InChI=1S/C21H28N2O3S/c1-15-6-4-5-7-20(15)23-11-8-18(9-12-23)25-21(24)10-13-27-14-19-16(2)22-26-17(19)3/h4-7,18H,8-14H2,1-3H3. The number of piperidine rings is 1. The molecule has 2 heterocycles. The van der Waals surface area contributed by atoms with E-state index < -0.39 is 0 Å². The number of para-hydroxylation sites is 1. The molecule has 1 fully saturated rings. The van der Waals surface area contributed by atoms with E-state index in [0.717, 1.165) is 54.5 Å². The summed E-state index contributed by atoms with van der Waals surface area (Å²) in [4.78, 5) is 14.5. The highest BCUT2D eigenvalue weighted by atomic mass is 32.2. The van der Waals surface area contributed by atoms with Crippen LogP contribution in [0.4, 0.5) is 5.69 Å². The summed E-state index contributed by atoms with van der Waals surface area (Å²) in [6, 6.07) is 8.45. The molecule has 0 aliphatic carbocycles. The van der Waals surface area contributed by atoms with Gasteiger partial charge in [-0.25, -0.2) is 0 Å². The molecule has 1 saturated heterocycles. The van der Waals surface area contributed by atoms with Crippen LogP contribution in [0.5, 0.6) is 0 Å². The summed E-state index contributed by atoms with van der Waals surface area (Å²) in [5.41, 5.74) is 4.65.